The van der Waals surface area contributed by atoms with Crippen LogP contribution in [0.3, 0.4) is 0 Å². The molecule has 0 aliphatic carbocycles. The summed E-state index contributed by atoms with van der Waals surface area (Å²) in [6.45, 7) is 7.87. The molecule has 1 aromatic heterocycles. The van der Waals surface area contributed by atoms with E-state index in [4.69, 9.17) is 4.74 Å². The Hall–Kier alpha value is -1.10. The number of carbonyl (C=O) groups excluding carboxylic acids is 1. The molecule has 4 nitrogen and oxygen atoms in total. The minimum absolute atomic E-state index is 0.195. The van der Waals surface area contributed by atoms with Gasteiger partial charge in [0.05, 0.1) is 18.7 Å². The molecule has 0 amide bonds. The number of anilines is 1. The van der Waals surface area contributed by atoms with Gasteiger partial charge in [0.25, 0.3) is 0 Å². The van der Waals surface area contributed by atoms with Crippen LogP contribution in [0.1, 0.15) is 39.3 Å². The van der Waals surface area contributed by atoms with Crippen molar-refractivity contribution in [3.05, 3.63) is 11.1 Å². The number of aromatic nitrogens is 1. The van der Waals surface area contributed by atoms with E-state index in [1.165, 1.54) is 12.8 Å². The molecule has 2 atom stereocenters. The molecular formula is C14H22N2O2S. The highest BCUT2D eigenvalue weighted by molar-refractivity contribution is 7.13. The molecule has 1 fully saturated rings. The Bertz CT molecular complexity index is 433. The summed E-state index contributed by atoms with van der Waals surface area (Å²) in [7, 11) is 0. The van der Waals surface area contributed by atoms with Crippen molar-refractivity contribution in [3.8, 4) is 0 Å². The van der Waals surface area contributed by atoms with Crippen LogP contribution in [0.5, 0.6) is 0 Å². The lowest BCUT2D eigenvalue weighted by Crippen LogP contribution is -2.40. The van der Waals surface area contributed by atoms with Crippen molar-refractivity contribution < 1.29 is 9.53 Å². The van der Waals surface area contributed by atoms with Gasteiger partial charge in [0, 0.05) is 18.0 Å². The van der Waals surface area contributed by atoms with Crippen molar-refractivity contribution in [2.45, 2.75) is 46.1 Å². The van der Waals surface area contributed by atoms with Crippen molar-refractivity contribution in [2.24, 2.45) is 5.92 Å². The lowest BCUT2D eigenvalue weighted by atomic mass is 9.94. The molecule has 0 saturated carbocycles. The van der Waals surface area contributed by atoms with Crippen LogP contribution in [0.15, 0.2) is 5.38 Å². The monoisotopic (exact) mass is 282 g/mol. The molecule has 19 heavy (non-hydrogen) atoms. The van der Waals surface area contributed by atoms with E-state index in [2.05, 4.69) is 23.7 Å². The van der Waals surface area contributed by atoms with Crippen molar-refractivity contribution in [2.75, 3.05) is 18.1 Å². The second-order valence-electron chi connectivity index (χ2n) is 5.28. The molecule has 2 heterocycles. The lowest BCUT2D eigenvalue weighted by molar-refractivity contribution is -0.142. The van der Waals surface area contributed by atoms with Gasteiger partial charge in [0.1, 0.15) is 0 Å². The zero-order chi connectivity index (χ0) is 13.8. The van der Waals surface area contributed by atoms with Crippen LogP contribution in [-0.2, 0) is 16.0 Å². The predicted octanol–water partition coefficient (Wildman–Crippen LogP) is 2.87. The summed E-state index contributed by atoms with van der Waals surface area (Å²) in [6, 6.07) is 0.533. The first-order chi connectivity index (χ1) is 9.10. The fourth-order valence-electron chi connectivity index (χ4n) is 2.56. The average Bonchev–Trinajstić information content (AvgIpc) is 2.77. The summed E-state index contributed by atoms with van der Waals surface area (Å²) in [5, 5.41) is 3.01. The minimum Gasteiger partial charge on any atom is -0.466 e. The van der Waals surface area contributed by atoms with Crippen molar-refractivity contribution in [1.29, 1.82) is 0 Å². The maximum absolute atomic E-state index is 11.4. The van der Waals surface area contributed by atoms with Gasteiger partial charge in [-0.05, 0) is 32.6 Å². The van der Waals surface area contributed by atoms with Crippen molar-refractivity contribution in [1.82, 2.24) is 4.98 Å². The van der Waals surface area contributed by atoms with Crippen LogP contribution >= 0.6 is 11.3 Å². The van der Waals surface area contributed by atoms with Gasteiger partial charge in [-0.15, -0.1) is 11.3 Å². The number of nitrogens with zero attached hydrogens (tertiary/aromatic N) is 2. The zero-order valence-electron chi connectivity index (χ0n) is 11.9. The molecule has 0 spiro atoms. The van der Waals surface area contributed by atoms with E-state index in [9.17, 15) is 4.79 Å². The van der Waals surface area contributed by atoms with E-state index in [0.717, 1.165) is 23.3 Å². The van der Waals surface area contributed by atoms with E-state index in [-0.39, 0.29) is 12.4 Å². The van der Waals surface area contributed by atoms with Crippen LogP contribution in [0.4, 0.5) is 5.13 Å². The fourth-order valence-corrected chi connectivity index (χ4v) is 3.51. The fraction of sp³-hybridized carbons (Fsp3) is 0.714. The van der Waals surface area contributed by atoms with Gasteiger partial charge in [0.15, 0.2) is 5.13 Å². The maximum atomic E-state index is 11.4. The third kappa shape index (κ3) is 3.69. The molecule has 0 N–H and O–H groups in total. The summed E-state index contributed by atoms with van der Waals surface area (Å²) < 4.78 is 4.95. The first-order valence-corrected chi connectivity index (χ1v) is 7.84. The third-order valence-corrected chi connectivity index (χ3v) is 4.48. The normalized spacial score (nSPS) is 23.4. The van der Waals surface area contributed by atoms with Gasteiger partial charge < -0.3 is 9.64 Å². The third-order valence-electron chi connectivity index (χ3n) is 3.55. The predicted molar refractivity (Wildman–Crippen MR) is 77.7 cm³/mol. The highest BCUT2D eigenvalue weighted by Crippen LogP contribution is 2.30. The number of carbonyl (C=O) groups is 1. The van der Waals surface area contributed by atoms with Gasteiger partial charge in [-0.1, -0.05) is 6.92 Å². The minimum atomic E-state index is -0.195. The zero-order valence-corrected chi connectivity index (χ0v) is 12.7. The standard InChI is InChI=1S/C14H22N2O2S/c1-4-18-13(17)8-12-9-19-14(15-12)16-6-5-10(2)7-11(16)3/h9-11H,4-8H2,1-3H3. The first kappa shape index (κ1) is 14.3. The number of hydrogen-bond donors (Lipinski definition) is 0. The average molecular weight is 282 g/mol. The van der Waals surface area contributed by atoms with Gasteiger partial charge in [-0.3, -0.25) is 4.79 Å². The summed E-state index contributed by atoms with van der Waals surface area (Å²) in [6.07, 6.45) is 2.72. The molecule has 1 saturated heterocycles. The number of hydrogen-bond acceptors (Lipinski definition) is 5. The van der Waals surface area contributed by atoms with Crippen LogP contribution in [-0.4, -0.2) is 30.1 Å². The number of piperidine rings is 1. The summed E-state index contributed by atoms with van der Waals surface area (Å²) in [5.74, 6) is 0.602. The Kier molecular flexibility index (Phi) is 4.80. The van der Waals surface area contributed by atoms with E-state index in [0.29, 0.717) is 12.6 Å². The lowest BCUT2D eigenvalue weighted by Gasteiger charge is -2.36. The Morgan fingerprint density at radius 3 is 3.05 bits per heavy atom. The molecule has 106 valence electrons. The Morgan fingerprint density at radius 1 is 1.58 bits per heavy atom. The second kappa shape index (κ2) is 6.37. The molecule has 2 unspecified atom stereocenters. The molecule has 1 aliphatic heterocycles. The first-order valence-electron chi connectivity index (χ1n) is 6.96. The molecule has 0 aromatic carbocycles. The Labute approximate surface area is 118 Å². The highest BCUT2D eigenvalue weighted by atomic mass is 32.1. The Morgan fingerprint density at radius 2 is 2.37 bits per heavy atom. The van der Waals surface area contributed by atoms with Crippen molar-refractivity contribution in [3.63, 3.8) is 0 Å². The van der Waals surface area contributed by atoms with Crippen LogP contribution < -0.4 is 4.90 Å². The molecule has 5 heteroatoms. The summed E-state index contributed by atoms with van der Waals surface area (Å²) in [5.41, 5.74) is 0.823. The highest BCUT2D eigenvalue weighted by Gasteiger charge is 2.25. The van der Waals surface area contributed by atoms with Crippen LogP contribution in [0.2, 0.25) is 0 Å². The second-order valence-corrected chi connectivity index (χ2v) is 6.11. The van der Waals surface area contributed by atoms with E-state index in [1.54, 1.807) is 11.3 Å². The molecule has 1 aromatic rings. The molecule has 2 rings (SSSR count). The summed E-state index contributed by atoms with van der Waals surface area (Å²) >= 11 is 1.63. The van der Waals surface area contributed by atoms with E-state index < -0.39 is 0 Å². The molecule has 0 radical (unpaired) electrons. The van der Waals surface area contributed by atoms with E-state index in [1.807, 2.05) is 12.3 Å². The number of thiazole rings is 1. The Balaban J connectivity index is 1.98. The van der Waals surface area contributed by atoms with Crippen molar-refractivity contribution >= 4 is 22.4 Å². The molecule has 0 bridgehead atoms. The number of ether oxygens (including phenoxy) is 1. The number of esters is 1. The van der Waals surface area contributed by atoms with Gasteiger partial charge in [-0.25, -0.2) is 4.98 Å². The smallest absolute Gasteiger partial charge is 0.311 e. The summed E-state index contributed by atoms with van der Waals surface area (Å²) in [4.78, 5) is 18.4. The van der Waals surface area contributed by atoms with Gasteiger partial charge in [-0.2, -0.15) is 0 Å². The maximum Gasteiger partial charge on any atom is 0.311 e. The molecular weight excluding hydrogens is 260 g/mol. The largest absolute Gasteiger partial charge is 0.466 e. The van der Waals surface area contributed by atoms with Gasteiger partial charge in [0.2, 0.25) is 0 Å². The quantitative estimate of drug-likeness (QED) is 0.796. The van der Waals surface area contributed by atoms with Crippen LogP contribution in [0.25, 0.3) is 0 Å². The number of rotatable bonds is 4. The topological polar surface area (TPSA) is 42.4 Å². The molecule has 1 aliphatic rings. The van der Waals surface area contributed by atoms with Crippen LogP contribution in [0, 0.1) is 5.92 Å². The SMILES string of the molecule is CCOC(=O)Cc1csc(N2CCC(C)CC2C)n1. The van der Waals surface area contributed by atoms with Gasteiger partial charge >= 0.3 is 5.97 Å². The van der Waals surface area contributed by atoms with E-state index >= 15 is 0 Å².